The molecule has 1 amide bonds. The van der Waals surface area contributed by atoms with Crippen molar-refractivity contribution in [3.8, 4) is 0 Å². The molecule has 8 nitrogen and oxygen atoms in total. The lowest BCUT2D eigenvalue weighted by Gasteiger charge is -2.18. The van der Waals surface area contributed by atoms with Gasteiger partial charge in [-0.1, -0.05) is 11.6 Å². The van der Waals surface area contributed by atoms with Crippen LogP contribution in [0.5, 0.6) is 0 Å². The van der Waals surface area contributed by atoms with Crippen LogP contribution in [0.4, 0.5) is 5.95 Å². The van der Waals surface area contributed by atoms with Crippen molar-refractivity contribution in [1.29, 1.82) is 0 Å². The highest BCUT2D eigenvalue weighted by molar-refractivity contribution is 6.31. The van der Waals surface area contributed by atoms with Crippen molar-refractivity contribution >= 4 is 29.4 Å². The molecule has 0 saturated heterocycles. The summed E-state index contributed by atoms with van der Waals surface area (Å²) in [6, 6.07) is 1.55. The number of anilines is 1. The fraction of sp³-hybridized carbons (Fsp3) is 0.385. The maximum absolute atomic E-state index is 12.2. The fourth-order valence-electron chi connectivity index (χ4n) is 2.48. The van der Waals surface area contributed by atoms with Gasteiger partial charge in [-0.05, 0) is 12.5 Å². The number of amides is 1. The van der Waals surface area contributed by atoms with Gasteiger partial charge in [0.15, 0.2) is 0 Å². The predicted octanol–water partition coefficient (Wildman–Crippen LogP) is 1.17. The van der Waals surface area contributed by atoms with Gasteiger partial charge in [-0.25, -0.2) is 4.68 Å². The molecule has 116 valence electrons. The third-order valence-electron chi connectivity index (χ3n) is 3.64. The number of hydrogen-bond acceptors (Lipinski definition) is 4. The number of aromatic nitrogens is 4. The normalized spacial score (nSPS) is 17.1. The zero-order valence-corrected chi connectivity index (χ0v) is 12.5. The molecule has 1 atom stereocenters. The molecule has 0 aliphatic carbocycles. The number of nitrogens with one attached hydrogen (secondary N) is 1. The molecule has 0 bridgehead atoms. The molecular formula is C13H14ClN5O3. The summed E-state index contributed by atoms with van der Waals surface area (Å²) in [5.41, 5.74) is 0.390. The van der Waals surface area contributed by atoms with Crippen molar-refractivity contribution in [3.05, 3.63) is 28.8 Å². The Bertz CT molecular complexity index is 751. The standard InChI is InChI=1S/C13H14ClN5O3/c1-18-6-8(14)4-9(18)11(20)16-13-15-10-3-2-7(12(21)22)5-19(10)17-13/h4,6-7H,2-3,5H2,1H3,(H,21,22)(H,16,17,20). The summed E-state index contributed by atoms with van der Waals surface area (Å²) < 4.78 is 3.14. The number of aliphatic carboxylic acids is 1. The van der Waals surface area contributed by atoms with Crippen molar-refractivity contribution in [3.63, 3.8) is 0 Å². The number of hydrogen-bond donors (Lipinski definition) is 2. The lowest BCUT2D eigenvalue weighted by atomic mass is 10.0. The van der Waals surface area contributed by atoms with E-state index >= 15 is 0 Å². The second-order valence-electron chi connectivity index (χ2n) is 5.22. The van der Waals surface area contributed by atoms with Crippen LogP contribution in [0, 0.1) is 5.92 Å². The highest BCUT2D eigenvalue weighted by Gasteiger charge is 2.27. The second kappa shape index (κ2) is 5.45. The molecule has 9 heteroatoms. The largest absolute Gasteiger partial charge is 0.481 e. The maximum atomic E-state index is 12.2. The maximum Gasteiger partial charge on any atom is 0.308 e. The minimum atomic E-state index is -0.842. The molecule has 2 aromatic heterocycles. The monoisotopic (exact) mass is 323 g/mol. The van der Waals surface area contributed by atoms with Gasteiger partial charge in [0, 0.05) is 19.7 Å². The summed E-state index contributed by atoms with van der Waals surface area (Å²) in [6.45, 7) is 0.267. The molecule has 1 aliphatic heterocycles. The molecule has 3 rings (SSSR count). The number of nitrogens with zero attached hydrogens (tertiary/aromatic N) is 4. The number of carboxylic acid groups (broad SMARTS) is 1. The zero-order chi connectivity index (χ0) is 15.9. The van der Waals surface area contributed by atoms with Crippen molar-refractivity contribution in [2.24, 2.45) is 13.0 Å². The first-order valence-corrected chi connectivity index (χ1v) is 7.11. The average molecular weight is 324 g/mol. The SMILES string of the molecule is Cn1cc(Cl)cc1C(=O)Nc1nc2n(n1)CC(C(=O)O)CC2. The van der Waals surface area contributed by atoms with E-state index in [-0.39, 0.29) is 18.4 Å². The van der Waals surface area contributed by atoms with Gasteiger partial charge in [-0.3, -0.25) is 14.9 Å². The average Bonchev–Trinajstić information content (AvgIpc) is 2.99. The minimum absolute atomic E-state index is 0.170. The molecule has 0 saturated carbocycles. The molecule has 1 unspecified atom stereocenters. The summed E-state index contributed by atoms with van der Waals surface area (Å²) in [6.07, 6.45) is 2.67. The lowest BCUT2D eigenvalue weighted by molar-refractivity contribution is -0.142. The van der Waals surface area contributed by atoms with Crippen LogP contribution < -0.4 is 5.32 Å². The van der Waals surface area contributed by atoms with Crippen LogP contribution in [0.3, 0.4) is 0 Å². The van der Waals surface area contributed by atoms with E-state index in [1.54, 1.807) is 23.9 Å². The summed E-state index contributed by atoms with van der Waals surface area (Å²) in [4.78, 5) is 27.4. The summed E-state index contributed by atoms with van der Waals surface area (Å²) >= 11 is 5.85. The summed E-state index contributed by atoms with van der Waals surface area (Å²) in [5, 5.41) is 16.3. The Labute approximate surface area is 130 Å². The van der Waals surface area contributed by atoms with Gasteiger partial charge in [0.25, 0.3) is 5.91 Å². The fourth-order valence-corrected chi connectivity index (χ4v) is 2.73. The lowest BCUT2D eigenvalue weighted by Crippen LogP contribution is -2.27. The molecule has 3 heterocycles. The molecule has 22 heavy (non-hydrogen) atoms. The molecule has 2 aromatic rings. The van der Waals surface area contributed by atoms with Crippen LogP contribution >= 0.6 is 11.6 Å². The molecule has 0 fully saturated rings. The van der Waals surface area contributed by atoms with Crippen LogP contribution in [0.15, 0.2) is 12.3 Å². The molecule has 1 aliphatic rings. The third kappa shape index (κ3) is 2.69. The van der Waals surface area contributed by atoms with Gasteiger partial charge in [0.05, 0.1) is 17.5 Å². The Morgan fingerprint density at radius 2 is 2.27 bits per heavy atom. The Balaban J connectivity index is 1.76. The highest BCUT2D eigenvalue weighted by atomic mass is 35.5. The van der Waals surface area contributed by atoms with Gasteiger partial charge in [-0.15, -0.1) is 5.10 Å². The van der Waals surface area contributed by atoms with E-state index in [9.17, 15) is 9.59 Å². The van der Waals surface area contributed by atoms with Crippen LogP contribution in [0.25, 0.3) is 0 Å². The van der Waals surface area contributed by atoms with Crippen LogP contribution in [0.2, 0.25) is 5.02 Å². The topological polar surface area (TPSA) is 102 Å². The summed E-state index contributed by atoms with van der Waals surface area (Å²) in [7, 11) is 1.71. The van der Waals surface area contributed by atoms with Crippen molar-refractivity contribution < 1.29 is 14.7 Å². The van der Waals surface area contributed by atoms with E-state index in [2.05, 4.69) is 15.4 Å². The van der Waals surface area contributed by atoms with E-state index in [1.165, 1.54) is 4.68 Å². The second-order valence-corrected chi connectivity index (χ2v) is 5.65. The van der Waals surface area contributed by atoms with Gasteiger partial charge >= 0.3 is 5.97 Å². The number of fused-ring (bicyclic) bond motifs is 1. The Hall–Kier alpha value is -2.35. The van der Waals surface area contributed by atoms with Gasteiger partial charge in [0.1, 0.15) is 11.5 Å². The number of carbonyl (C=O) groups excluding carboxylic acids is 1. The number of halogens is 1. The third-order valence-corrected chi connectivity index (χ3v) is 3.84. The number of carbonyl (C=O) groups is 2. The highest BCUT2D eigenvalue weighted by Crippen LogP contribution is 2.20. The number of rotatable bonds is 3. The van der Waals surface area contributed by atoms with Crippen molar-refractivity contribution in [1.82, 2.24) is 19.3 Å². The van der Waals surface area contributed by atoms with Crippen LogP contribution in [-0.4, -0.2) is 36.3 Å². The van der Waals surface area contributed by atoms with Gasteiger partial charge in [-0.2, -0.15) is 4.98 Å². The van der Waals surface area contributed by atoms with Crippen LogP contribution in [0.1, 0.15) is 22.7 Å². The van der Waals surface area contributed by atoms with Gasteiger partial charge < -0.3 is 9.67 Å². The van der Waals surface area contributed by atoms with E-state index < -0.39 is 11.9 Å². The zero-order valence-electron chi connectivity index (χ0n) is 11.8. The predicted molar refractivity (Wildman–Crippen MR) is 77.8 cm³/mol. The van der Waals surface area contributed by atoms with Crippen molar-refractivity contribution in [2.75, 3.05) is 5.32 Å². The first-order chi connectivity index (χ1) is 10.4. The van der Waals surface area contributed by atoms with E-state index in [1.807, 2.05) is 0 Å². The molecule has 0 radical (unpaired) electrons. The van der Waals surface area contributed by atoms with Crippen molar-refractivity contribution in [2.45, 2.75) is 19.4 Å². The smallest absolute Gasteiger partial charge is 0.308 e. The van der Waals surface area contributed by atoms with E-state index in [4.69, 9.17) is 16.7 Å². The van der Waals surface area contributed by atoms with E-state index in [0.29, 0.717) is 29.4 Å². The molecular weight excluding hydrogens is 310 g/mol. The first kappa shape index (κ1) is 14.6. The Kier molecular flexibility index (Phi) is 3.61. The number of aryl methyl sites for hydroxylation is 2. The Morgan fingerprint density at radius 1 is 1.50 bits per heavy atom. The number of carboxylic acids is 1. The Morgan fingerprint density at radius 3 is 2.91 bits per heavy atom. The molecule has 0 aromatic carbocycles. The van der Waals surface area contributed by atoms with E-state index in [0.717, 1.165) is 0 Å². The van der Waals surface area contributed by atoms with Crippen LogP contribution in [-0.2, 0) is 24.8 Å². The quantitative estimate of drug-likeness (QED) is 0.882. The molecule has 0 spiro atoms. The summed E-state index contributed by atoms with van der Waals surface area (Å²) in [5.74, 6) is -0.831. The van der Waals surface area contributed by atoms with Gasteiger partial charge in [0.2, 0.25) is 5.95 Å². The first-order valence-electron chi connectivity index (χ1n) is 6.74. The molecule has 2 N–H and O–H groups in total. The minimum Gasteiger partial charge on any atom is -0.481 e.